The van der Waals surface area contributed by atoms with Crippen LogP contribution in [-0.2, 0) is 11.8 Å². The molecule has 0 aliphatic heterocycles. The Morgan fingerprint density at radius 2 is 2.28 bits per heavy atom. The van der Waals surface area contributed by atoms with E-state index in [1.165, 1.54) is 19.3 Å². The van der Waals surface area contributed by atoms with E-state index in [1.54, 1.807) is 10.9 Å². The number of hydrogen-bond donors (Lipinski definition) is 2. The molecule has 0 radical (unpaired) electrons. The number of nitrogens with zero attached hydrogens (tertiary/aromatic N) is 2. The molecular formula is C13H25N3O2. The van der Waals surface area contributed by atoms with Crippen molar-refractivity contribution >= 4 is 5.69 Å². The number of aliphatic hydroxyl groups excluding tert-OH is 1. The number of ether oxygens (including phenoxy) is 1. The van der Waals surface area contributed by atoms with E-state index in [9.17, 15) is 5.11 Å². The summed E-state index contributed by atoms with van der Waals surface area (Å²) in [5.41, 5.74) is 0.916. The number of aromatic nitrogens is 2. The lowest BCUT2D eigenvalue weighted by molar-refractivity contribution is 0.0417. The normalized spacial score (nSPS) is 12.6. The van der Waals surface area contributed by atoms with E-state index in [4.69, 9.17) is 4.74 Å². The van der Waals surface area contributed by atoms with Gasteiger partial charge in [0.25, 0.3) is 0 Å². The minimum Gasteiger partial charge on any atom is -0.389 e. The van der Waals surface area contributed by atoms with Crippen LogP contribution in [0.3, 0.4) is 0 Å². The second-order valence-corrected chi connectivity index (χ2v) is 4.57. The minimum absolute atomic E-state index is 0.388. The molecule has 1 unspecified atom stereocenters. The Labute approximate surface area is 109 Å². The molecule has 1 rings (SSSR count). The Kier molecular flexibility index (Phi) is 7.44. The second kappa shape index (κ2) is 8.94. The van der Waals surface area contributed by atoms with Gasteiger partial charge in [-0.3, -0.25) is 4.68 Å². The summed E-state index contributed by atoms with van der Waals surface area (Å²) in [7, 11) is 1.86. The van der Waals surface area contributed by atoms with Gasteiger partial charge in [0.15, 0.2) is 0 Å². The minimum atomic E-state index is -0.476. The number of rotatable bonds is 10. The molecule has 0 spiro atoms. The predicted octanol–water partition coefficient (Wildman–Crippen LogP) is 1.79. The molecule has 1 atom stereocenters. The van der Waals surface area contributed by atoms with Crippen molar-refractivity contribution in [3.05, 3.63) is 12.4 Å². The summed E-state index contributed by atoms with van der Waals surface area (Å²) in [6.45, 7) is 3.80. The lowest BCUT2D eigenvalue weighted by Gasteiger charge is -2.12. The molecular weight excluding hydrogens is 230 g/mol. The SMILES string of the molecule is CCCCCCOCC(O)CNc1cnn(C)c1. The molecule has 18 heavy (non-hydrogen) atoms. The highest BCUT2D eigenvalue weighted by atomic mass is 16.5. The van der Waals surface area contributed by atoms with E-state index in [1.807, 2.05) is 13.2 Å². The van der Waals surface area contributed by atoms with E-state index < -0.39 is 6.10 Å². The molecule has 5 nitrogen and oxygen atoms in total. The third-order valence-electron chi connectivity index (χ3n) is 2.70. The van der Waals surface area contributed by atoms with Gasteiger partial charge in [-0.15, -0.1) is 0 Å². The van der Waals surface area contributed by atoms with Crippen molar-refractivity contribution in [1.82, 2.24) is 9.78 Å². The molecule has 5 heteroatoms. The maximum atomic E-state index is 9.71. The molecule has 2 N–H and O–H groups in total. The number of aryl methyl sites for hydroxylation is 1. The first-order valence-electron chi connectivity index (χ1n) is 6.70. The van der Waals surface area contributed by atoms with Gasteiger partial charge < -0.3 is 15.2 Å². The van der Waals surface area contributed by atoms with Crippen molar-refractivity contribution in [3.8, 4) is 0 Å². The van der Waals surface area contributed by atoms with Crippen molar-refractivity contribution in [1.29, 1.82) is 0 Å². The summed E-state index contributed by atoms with van der Waals surface area (Å²) in [6.07, 6.45) is 7.91. The van der Waals surface area contributed by atoms with Gasteiger partial charge in [-0.2, -0.15) is 5.10 Å². The lowest BCUT2D eigenvalue weighted by Crippen LogP contribution is -2.25. The average molecular weight is 255 g/mol. The van der Waals surface area contributed by atoms with E-state index in [0.717, 1.165) is 18.7 Å². The highest BCUT2D eigenvalue weighted by Gasteiger charge is 2.04. The summed E-state index contributed by atoms with van der Waals surface area (Å²) < 4.78 is 7.15. The molecule has 1 aromatic rings. The highest BCUT2D eigenvalue weighted by molar-refractivity contribution is 5.37. The molecule has 0 bridgehead atoms. The Morgan fingerprint density at radius 1 is 1.44 bits per heavy atom. The molecule has 0 amide bonds. The Balaban J connectivity index is 1.98. The van der Waals surface area contributed by atoms with Gasteiger partial charge in [0.05, 0.1) is 24.6 Å². The largest absolute Gasteiger partial charge is 0.389 e. The van der Waals surface area contributed by atoms with Gasteiger partial charge in [-0.05, 0) is 6.42 Å². The Hall–Kier alpha value is -1.07. The fourth-order valence-electron chi connectivity index (χ4n) is 1.66. The molecule has 0 fully saturated rings. The van der Waals surface area contributed by atoms with Crippen LogP contribution in [-0.4, -0.2) is 40.7 Å². The maximum absolute atomic E-state index is 9.71. The summed E-state index contributed by atoms with van der Waals surface area (Å²) in [4.78, 5) is 0. The monoisotopic (exact) mass is 255 g/mol. The van der Waals surface area contributed by atoms with Crippen LogP contribution in [0.1, 0.15) is 32.6 Å². The fourth-order valence-corrected chi connectivity index (χ4v) is 1.66. The number of anilines is 1. The van der Waals surface area contributed by atoms with Crippen LogP contribution in [0.5, 0.6) is 0 Å². The van der Waals surface area contributed by atoms with Crippen LogP contribution >= 0.6 is 0 Å². The van der Waals surface area contributed by atoms with E-state index >= 15 is 0 Å². The third-order valence-corrected chi connectivity index (χ3v) is 2.70. The zero-order chi connectivity index (χ0) is 13.2. The average Bonchev–Trinajstić information content (AvgIpc) is 2.77. The van der Waals surface area contributed by atoms with E-state index in [-0.39, 0.29) is 0 Å². The molecule has 1 heterocycles. The topological polar surface area (TPSA) is 59.3 Å². The van der Waals surface area contributed by atoms with E-state index in [0.29, 0.717) is 13.2 Å². The first-order chi connectivity index (χ1) is 8.72. The van der Waals surface area contributed by atoms with Gasteiger partial charge in [0.2, 0.25) is 0 Å². The molecule has 0 aromatic carbocycles. The quantitative estimate of drug-likeness (QED) is 0.626. The Bertz CT molecular complexity index is 315. The van der Waals surface area contributed by atoms with Crippen LogP contribution in [0.4, 0.5) is 5.69 Å². The maximum Gasteiger partial charge on any atom is 0.0945 e. The summed E-state index contributed by atoms with van der Waals surface area (Å²) >= 11 is 0. The van der Waals surface area contributed by atoms with Crippen molar-refractivity contribution in [2.45, 2.75) is 38.7 Å². The van der Waals surface area contributed by atoms with Gasteiger partial charge in [0, 0.05) is 26.4 Å². The molecule has 0 saturated heterocycles. The van der Waals surface area contributed by atoms with Crippen LogP contribution < -0.4 is 5.32 Å². The van der Waals surface area contributed by atoms with Gasteiger partial charge in [-0.1, -0.05) is 26.2 Å². The lowest BCUT2D eigenvalue weighted by atomic mass is 10.2. The highest BCUT2D eigenvalue weighted by Crippen LogP contribution is 2.03. The van der Waals surface area contributed by atoms with Crippen molar-refractivity contribution in [2.24, 2.45) is 7.05 Å². The fraction of sp³-hybridized carbons (Fsp3) is 0.769. The van der Waals surface area contributed by atoms with Gasteiger partial charge in [0.1, 0.15) is 0 Å². The zero-order valence-electron chi connectivity index (χ0n) is 11.4. The first-order valence-corrected chi connectivity index (χ1v) is 6.70. The van der Waals surface area contributed by atoms with E-state index in [2.05, 4.69) is 17.3 Å². The van der Waals surface area contributed by atoms with Crippen molar-refractivity contribution < 1.29 is 9.84 Å². The van der Waals surface area contributed by atoms with Gasteiger partial charge in [-0.25, -0.2) is 0 Å². The molecule has 0 aliphatic rings. The predicted molar refractivity (Wildman–Crippen MR) is 72.7 cm³/mol. The smallest absolute Gasteiger partial charge is 0.0945 e. The van der Waals surface area contributed by atoms with Crippen LogP contribution in [0.15, 0.2) is 12.4 Å². The van der Waals surface area contributed by atoms with Crippen LogP contribution in [0.25, 0.3) is 0 Å². The third kappa shape index (κ3) is 6.61. The number of aliphatic hydroxyl groups is 1. The first kappa shape index (κ1) is 15.0. The number of hydrogen-bond acceptors (Lipinski definition) is 4. The second-order valence-electron chi connectivity index (χ2n) is 4.57. The molecule has 0 saturated carbocycles. The van der Waals surface area contributed by atoms with Crippen molar-refractivity contribution in [3.63, 3.8) is 0 Å². The summed E-state index contributed by atoms with van der Waals surface area (Å²) in [6, 6.07) is 0. The van der Waals surface area contributed by atoms with Crippen molar-refractivity contribution in [2.75, 3.05) is 25.1 Å². The molecule has 1 aromatic heterocycles. The molecule has 0 aliphatic carbocycles. The zero-order valence-corrected chi connectivity index (χ0v) is 11.4. The standard InChI is InChI=1S/C13H25N3O2/c1-3-4-5-6-7-18-11-13(17)9-14-12-8-15-16(2)10-12/h8,10,13-14,17H,3-7,9,11H2,1-2H3. The molecule has 104 valence electrons. The number of unbranched alkanes of at least 4 members (excludes halogenated alkanes) is 3. The van der Waals surface area contributed by atoms with Crippen LogP contribution in [0.2, 0.25) is 0 Å². The Morgan fingerprint density at radius 3 is 2.94 bits per heavy atom. The van der Waals surface area contributed by atoms with Gasteiger partial charge >= 0.3 is 0 Å². The van der Waals surface area contributed by atoms with Crippen LogP contribution in [0, 0.1) is 0 Å². The number of nitrogens with one attached hydrogen (secondary N) is 1. The summed E-state index contributed by atoms with van der Waals surface area (Å²) in [5.74, 6) is 0. The summed E-state index contributed by atoms with van der Waals surface area (Å²) in [5, 5.41) is 16.9.